The third-order valence-corrected chi connectivity index (χ3v) is 5.71. The van der Waals surface area contributed by atoms with Gasteiger partial charge >= 0.3 is 5.97 Å². The number of aromatic nitrogens is 2. The quantitative estimate of drug-likeness (QED) is 0.332. The molecule has 1 atom stereocenters. The van der Waals surface area contributed by atoms with Crippen LogP contribution in [0.15, 0.2) is 24.3 Å². The normalized spacial score (nSPS) is 14.5. The summed E-state index contributed by atoms with van der Waals surface area (Å²) in [5, 5.41) is 11.7. The van der Waals surface area contributed by atoms with E-state index >= 15 is 0 Å². The summed E-state index contributed by atoms with van der Waals surface area (Å²) in [4.78, 5) is 47.5. The van der Waals surface area contributed by atoms with Crippen molar-refractivity contribution in [2.75, 3.05) is 47.4 Å². The van der Waals surface area contributed by atoms with Crippen LogP contribution in [0.2, 0.25) is 0 Å². The minimum atomic E-state index is -1.22. The number of carboxylic acids is 1. The molecule has 12 nitrogen and oxygen atoms in total. The number of carbonyl (C=O) groups excluding carboxylic acids is 2. The van der Waals surface area contributed by atoms with Gasteiger partial charge in [0.15, 0.2) is 5.82 Å². The molecule has 0 bridgehead atoms. The van der Waals surface area contributed by atoms with Gasteiger partial charge in [-0.25, -0.2) is 9.78 Å². The molecule has 12 heteroatoms. The van der Waals surface area contributed by atoms with Crippen LogP contribution in [0.25, 0.3) is 0 Å². The molecule has 0 spiro atoms. The van der Waals surface area contributed by atoms with Gasteiger partial charge in [-0.3, -0.25) is 9.59 Å². The van der Waals surface area contributed by atoms with Gasteiger partial charge in [-0.2, -0.15) is 4.98 Å². The fourth-order valence-corrected chi connectivity index (χ4v) is 3.93. The highest BCUT2D eigenvalue weighted by atomic mass is 16.4. The molecule has 0 aliphatic carbocycles. The average Bonchev–Trinajstić information content (AvgIpc) is 2.81. The van der Waals surface area contributed by atoms with Crippen molar-refractivity contribution in [3.63, 3.8) is 0 Å². The van der Waals surface area contributed by atoms with Crippen LogP contribution in [0, 0.1) is 0 Å². The first-order chi connectivity index (χ1) is 16.2. The van der Waals surface area contributed by atoms with E-state index in [4.69, 9.17) is 17.2 Å². The number of piperazine rings is 1. The van der Waals surface area contributed by atoms with E-state index in [-0.39, 0.29) is 18.8 Å². The Balaban J connectivity index is 1.61. The van der Waals surface area contributed by atoms with Crippen molar-refractivity contribution < 1.29 is 19.5 Å². The number of nitrogen functional groups attached to an aromatic ring is 2. The molecule has 2 heterocycles. The van der Waals surface area contributed by atoms with Gasteiger partial charge in [-0.1, -0.05) is 6.92 Å². The Morgan fingerprint density at radius 2 is 1.68 bits per heavy atom. The highest BCUT2D eigenvalue weighted by Gasteiger charge is 2.24. The molecule has 0 radical (unpaired) electrons. The Morgan fingerprint density at radius 1 is 1.06 bits per heavy atom. The monoisotopic (exact) mass is 470 g/mol. The lowest BCUT2D eigenvalue weighted by Crippen LogP contribution is -2.47. The molecule has 2 aromatic rings. The van der Waals surface area contributed by atoms with Gasteiger partial charge in [0.1, 0.15) is 11.7 Å². The Morgan fingerprint density at radius 3 is 2.24 bits per heavy atom. The van der Waals surface area contributed by atoms with Gasteiger partial charge in [-0.05, 0) is 37.1 Å². The molecular formula is C22H30N8O4. The van der Waals surface area contributed by atoms with Crippen molar-refractivity contribution in [1.29, 1.82) is 0 Å². The predicted octanol–water partition coefficient (Wildman–Crippen LogP) is -0.0215. The fraction of sp³-hybridized carbons (Fsp3) is 0.409. The number of hydrogen-bond donors (Lipinski definition) is 5. The van der Waals surface area contributed by atoms with Crippen LogP contribution in [-0.4, -0.2) is 65.1 Å². The summed E-state index contributed by atoms with van der Waals surface area (Å²) < 4.78 is 0. The van der Waals surface area contributed by atoms with Crippen LogP contribution in [0.5, 0.6) is 0 Å². The summed E-state index contributed by atoms with van der Waals surface area (Å²) in [5.41, 5.74) is 19.8. The molecule has 1 aliphatic rings. The minimum absolute atomic E-state index is 0.0674. The third-order valence-electron chi connectivity index (χ3n) is 5.71. The number of nitrogens with one attached hydrogen (secondary N) is 1. The molecule has 1 aliphatic heterocycles. The number of carbonyl (C=O) groups is 3. The first-order valence-corrected chi connectivity index (χ1v) is 11.0. The first kappa shape index (κ1) is 24.6. The number of aryl methyl sites for hydroxylation is 1. The molecule has 1 saturated heterocycles. The van der Waals surface area contributed by atoms with Crippen LogP contribution in [0.3, 0.4) is 0 Å². The zero-order valence-electron chi connectivity index (χ0n) is 19.0. The number of benzene rings is 1. The van der Waals surface area contributed by atoms with E-state index in [0.717, 1.165) is 30.2 Å². The van der Waals surface area contributed by atoms with Crippen molar-refractivity contribution in [1.82, 2.24) is 15.3 Å². The fourth-order valence-electron chi connectivity index (χ4n) is 3.93. The van der Waals surface area contributed by atoms with Gasteiger partial charge in [0, 0.05) is 43.9 Å². The van der Waals surface area contributed by atoms with E-state index in [1.807, 2.05) is 19.1 Å². The molecular weight excluding hydrogens is 440 g/mol. The molecule has 182 valence electrons. The van der Waals surface area contributed by atoms with Gasteiger partial charge in [0.05, 0.1) is 5.69 Å². The summed E-state index contributed by atoms with van der Waals surface area (Å²) in [6, 6.07) is 5.74. The summed E-state index contributed by atoms with van der Waals surface area (Å²) >= 11 is 0. The molecule has 8 N–H and O–H groups in total. The molecule has 1 aromatic heterocycles. The SMILES string of the molecule is CCc1nc(N)nc(N)c1N1CCN(c2ccc(C(=O)N[C@@H](CCC(N)=O)C(=O)O)cc2)CC1. The second kappa shape index (κ2) is 10.7. The lowest BCUT2D eigenvalue weighted by molar-refractivity contribution is -0.139. The average molecular weight is 471 g/mol. The molecule has 0 saturated carbocycles. The van der Waals surface area contributed by atoms with Crippen LogP contribution in [0.1, 0.15) is 35.8 Å². The number of carboxylic acid groups (broad SMARTS) is 1. The molecule has 0 unspecified atom stereocenters. The molecule has 1 fully saturated rings. The summed E-state index contributed by atoms with van der Waals surface area (Å²) in [7, 11) is 0. The van der Waals surface area contributed by atoms with Gasteiger partial charge in [0.25, 0.3) is 5.91 Å². The van der Waals surface area contributed by atoms with Crippen LogP contribution >= 0.6 is 0 Å². The van der Waals surface area contributed by atoms with Crippen molar-refractivity contribution in [3.05, 3.63) is 35.5 Å². The van der Waals surface area contributed by atoms with E-state index in [1.165, 1.54) is 0 Å². The van der Waals surface area contributed by atoms with Crippen molar-refractivity contribution in [2.45, 2.75) is 32.2 Å². The van der Waals surface area contributed by atoms with Gasteiger partial charge in [0.2, 0.25) is 11.9 Å². The van der Waals surface area contributed by atoms with Crippen molar-refractivity contribution >= 4 is 40.9 Å². The number of rotatable bonds is 9. The van der Waals surface area contributed by atoms with E-state index in [0.29, 0.717) is 30.9 Å². The van der Waals surface area contributed by atoms with E-state index < -0.39 is 23.8 Å². The van der Waals surface area contributed by atoms with E-state index in [9.17, 15) is 19.5 Å². The summed E-state index contributed by atoms with van der Waals surface area (Å²) in [5.74, 6) is -1.82. The second-order valence-corrected chi connectivity index (χ2v) is 8.01. The number of anilines is 4. The van der Waals surface area contributed by atoms with Crippen molar-refractivity contribution in [2.24, 2.45) is 5.73 Å². The highest BCUT2D eigenvalue weighted by Crippen LogP contribution is 2.28. The largest absolute Gasteiger partial charge is 0.480 e. The standard InChI is InChI=1S/C22H30N8O4/c1-2-15-18(19(24)28-22(25)27-15)30-11-9-29(10-12-30)14-5-3-13(4-6-14)20(32)26-16(21(33)34)7-8-17(23)31/h3-6,16H,2,7-12H2,1H3,(H2,23,31)(H,26,32)(H,33,34)(H4,24,25,27,28)/t16-/m0/s1. The maximum Gasteiger partial charge on any atom is 0.326 e. The zero-order chi connectivity index (χ0) is 24.8. The lowest BCUT2D eigenvalue weighted by atomic mass is 10.1. The Labute approximate surface area is 197 Å². The van der Waals surface area contributed by atoms with Crippen molar-refractivity contribution in [3.8, 4) is 0 Å². The molecule has 2 amide bonds. The molecule has 34 heavy (non-hydrogen) atoms. The number of nitrogens with zero attached hydrogens (tertiary/aromatic N) is 4. The number of nitrogens with two attached hydrogens (primary N) is 3. The third kappa shape index (κ3) is 5.82. The Kier molecular flexibility index (Phi) is 7.71. The van der Waals surface area contributed by atoms with Crippen LogP contribution in [0.4, 0.5) is 23.1 Å². The maximum atomic E-state index is 12.5. The predicted molar refractivity (Wildman–Crippen MR) is 128 cm³/mol. The Bertz CT molecular complexity index is 1050. The first-order valence-electron chi connectivity index (χ1n) is 11.0. The topological polar surface area (TPSA) is 194 Å². The summed E-state index contributed by atoms with van der Waals surface area (Å²) in [6.07, 6.45) is 0.499. The summed E-state index contributed by atoms with van der Waals surface area (Å²) in [6.45, 7) is 4.88. The smallest absolute Gasteiger partial charge is 0.326 e. The van der Waals surface area contributed by atoms with Crippen LogP contribution < -0.4 is 32.3 Å². The number of amides is 2. The van der Waals surface area contributed by atoms with Gasteiger partial charge < -0.3 is 37.4 Å². The zero-order valence-corrected chi connectivity index (χ0v) is 19.0. The van der Waals surface area contributed by atoms with E-state index in [2.05, 4.69) is 25.1 Å². The highest BCUT2D eigenvalue weighted by molar-refractivity contribution is 5.97. The number of primary amides is 1. The Hall–Kier alpha value is -4.09. The van der Waals surface area contributed by atoms with E-state index in [1.54, 1.807) is 12.1 Å². The molecule has 1 aromatic carbocycles. The molecule has 3 rings (SSSR count). The minimum Gasteiger partial charge on any atom is -0.480 e. The number of hydrogen-bond acceptors (Lipinski definition) is 9. The second-order valence-electron chi connectivity index (χ2n) is 8.01. The lowest BCUT2D eigenvalue weighted by Gasteiger charge is -2.38. The maximum absolute atomic E-state index is 12.5. The van der Waals surface area contributed by atoms with Gasteiger partial charge in [-0.15, -0.1) is 0 Å². The number of aliphatic carboxylic acids is 1. The van der Waals surface area contributed by atoms with Crippen LogP contribution in [-0.2, 0) is 16.0 Å².